The first-order valence-corrected chi connectivity index (χ1v) is 9.88. The maximum absolute atomic E-state index is 6.35. The van der Waals surface area contributed by atoms with Crippen LogP contribution in [0.5, 0.6) is 5.75 Å². The zero-order valence-corrected chi connectivity index (χ0v) is 16.7. The van der Waals surface area contributed by atoms with E-state index >= 15 is 0 Å². The summed E-state index contributed by atoms with van der Waals surface area (Å²) in [6.07, 6.45) is 3.26. The monoisotopic (exact) mass is 400 g/mol. The zero-order chi connectivity index (χ0) is 18.8. The van der Waals surface area contributed by atoms with E-state index in [2.05, 4.69) is 46.0 Å². The number of aromatic nitrogens is 1. The van der Waals surface area contributed by atoms with E-state index in [-0.39, 0.29) is 6.04 Å². The predicted molar refractivity (Wildman–Crippen MR) is 111 cm³/mol. The van der Waals surface area contributed by atoms with Gasteiger partial charge in [-0.2, -0.15) is 0 Å². The van der Waals surface area contributed by atoms with Crippen molar-refractivity contribution in [2.45, 2.75) is 25.6 Å². The van der Waals surface area contributed by atoms with E-state index in [0.717, 1.165) is 37.4 Å². The molecule has 5 heteroatoms. The number of rotatable bonds is 4. The Balaban J connectivity index is 1.74. The van der Waals surface area contributed by atoms with Crippen LogP contribution < -0.4 is 4.74 Å². The molecule has 2 aromatic carbocycles. The number of fused-ring (bicyclic) bond motifs is 1. The van der Waals surface area contributed by atoms with E-state index in [1.807, 2.05) is 24.3 Å². The molecule has 1 aromatic heterocycles. The van der Waals surface area contributed by atoms with Crippen molar-refractivity contribution < 1.29 is 4.74 Å². The lowest BCUT2D eigenvalue weighted by Crippen LogP contribution is -2.29. The average Bonchev–Trinajstić information content (AvgIpc) is 3.06. The van der Waals surface area contributed by atoms with Crippen LogP contribution in [0.1, 0.15) is 29.3 Å². The molecular formula is C22H22Cl2N2O. The van der Waals surface area contributed by atoms with Crippen LogP contribution in [-0.4, -0.2) is 23.1 Å². The van der Waals surface area contributed by atoms with Gasteiger partial charge in [0.05, 0.1) is 23.2 Å². The van der Waals surface area contributed by atoms with Crippen LogP contribution in [0.15, 0.2) is 60.8 Å². The Kier molecular flexibility index (Phi) is 5.44. The molecule has 3 nitrogen and oxygen atoms in total. The predicted octanol–water partition coefficient (Wildman–Crippen LogP) is 5.80. The van der Waals surface area contributed by atoms with Gasteiger partial charge >= 0.3 is 0 Å². The molecule has 27 heavy (non-hydrogen) atoms. The first kappa shape index (κ1) is 18.4. The van der Waals surface area contributed by atoms with Crippen molar-refractivity contribution >= 4 is 23.2 Å². The summed E-state index contributed by atoms with van der Waals surface area (Å²) in [6, 6.07) is 18.7. The SMILES string of the molecule is COc1cccc(CN2CCCn3cccc3C2c2ccc(Cl)c(Cl)c2)c1. The van der Waals surface area contributed by atoms with Crippen LogP contribution in [0.3, 0.4) is 0 Å². The number of hydrogen-bond acceptors (Lipinski definition) is 2. The molecule has 0 amide bonds. The minimum Gasteiger partial charge on any atom is -0.497 e. The largest absolute Gasteiger partial charge is 0.497 e. The van der Waals surface area contributed by atoms with Crippen LogP contribution in [0.2, 0.25) is 10.0 Å². The number of benzene rings is 2. The fourth-order valence-electron chi connectivity index (χ4n) is 3.88. The van der Waals surface area contributed by atoms with E-state index < -0.39 is 0 Å². The number of ether oxygens (including phenoxy) is 1. The molecule has 0 bridgehead atoms. The molecule has 1 atom stereocenters. The summed E-state index contributed by atoms with van der Waals surface area (Å²) in [7, 11) is 1.70. The topological polar surface area (TPSA) is 17.4 Å². The minimum atomic E-state index is 0.128. The number of halogens is 2. The van der Waals surface area contributed by atoms with E-state index in [4.69, 9.17) is 27.9 Å². The molecule has 0 N–H and O–H groups in total. The molecule has 2 heterocycles. The molecule has 140 valence electrons. The normalized spacial score (nSPS) is 17.4. The first-order chi connectivity index (χ1) is 13.2. The lowest BCUT2D eigenvalue weighted by molar-refractivity contribution is 0.220. The molecule has 3 aromatic rings. The van der Waals surface area contributed by atoms with Gasteiger partial charge in [0.2, 0.25) is 0 Å². The van der Waals surface area contributed by atoms with Crippen LogP contribution in [0.25, 0.3) is 0 Å². The summed E-state index contributed by atoms with van der Waals surface area (Å²) < 4.78 is 7.74. The van der Waals surface area contributed by atoms with Gasteiger partial charge in [-0.25, -0.2) is 0 Å². The lowest BCUT2D eigenvalue weighted by Gasteiger charge is -2.31. The van der Waals surface area contributed by atoms with Gasteiger partial charge in [0, 0.05) is 31.5 Å². The van der Waals surface area contributed by atoms with Gasteiger partial charge in [-0.3, -0.25) is 4.90 Å². The van der Waals surface area contributed by atoms with Crippen LogP contribution >= 0.6 is 23.2 Å². The van der Waals surface area contributed by atoms with Crippen molar-refractivity contribution in [3.63, 3.8) is 0 Å². The maximum atomic E-state index is 6.35. The highest BCUT2D eigenvalue weighted by Crippen LogP contribution is 2.36. The van der Waals surface area contributed by atoms with Gasteiger partial charge in [-0.05, 0) is 53.9 Å². The van der Waals surface area contributed by atoms with Gasteiger partial charge in [0.25, 0.3) is 0 Å². The maximum Gasteiger partial charge on any atom is 0.119 e. The summed E-state index contributed by atoms with van der Waals surface area (Å²) in [4.78, 5) is 2.51. The molecule has 1 unspecified atom stereocenters. The number of nitrogens with zero attached hydrogens (tertiary/aromatic N) is 2. The zero-order valence-electron chi connectivity index (χ0n) is 15.2. The third-order valence-electron chi connectivity index (χ3n) is 5.13. The van der Waals surface area contributed by atoms with Crippen molar-refractivity contribution in [3.05, 3.63) is 87.7 Å². The van der Waals surface area contributed by atoms with E-state index in [1.165, 1.54) is 11.3 Å². The molecule has 0 saturated heterocycles. The van der Waals surface area contributed by atoms with Gasteiger partial charge in [-0.1, -0.05) is 41.4 Å². The van der Waals surface area contributed by atoms with Crippen LogP contribution in [-0.2, 0) is 13.1 Å². The highest BCUT2D eigenvalue weighted by atomic mass is 35.5. The Morgan fingerprint density at radius 3 is 2.70 bits per heavy atom. The van der Waals surface area contributed by atoms with E-state index in [1.54, 1.807) is 7.11 Å². The molecule has 1 aliphatic rings. The van der Waals surface area contributed by atoms with E-state index in [9.17, 15) is 0 Å². The second-order valence-corrected chi connectivity index (χ2v) is 7.69. The van der Waals surface area contributed by atoms with Crippen molar-refractivity contribution in [3.8, 4) is 5.75 Å². The average molecular weight is 401 g/mol. The third-order valence-corrected chi connectivity index (χ3v) is 5.87. The smallest absolute Gasteiger partial charge is 0.119 e. The molecule has 4 rings (SSSR count). The van der Waals surface area contributed by atoms with E-state index in [0.29, 0.717) is 10.0 Å². The van der Waals surface area contributed by atoms with Gasteiger partial charge in [0.15, 0.2) is 0 Å². The Morgan fingerprint density at radius 2 is 1.89 bits per heavy atom. The summed E-state index contributed by atoms with van der Waals surface area (Å²) in [6.45, 7) is 2.87. The Hall–Kier alpha value is -1.94. The fraction of sp³-hybridized carbons (Fsp3) is 0.273. The highest BCUT2D eigenvalue weighted by Gasteiger charge is 2.27. The first-order valence-electron chi connectivity index (χ1n) is 9.12. The summed E-state index contributed by atoms with van der Waals surface area (Å²) in [5, 5.41) is 1.18. The molecule has 0 spiro atoms. The summed E-state index contributed by atoms with van der Waals surface area (Å²) >= 11 is 12.5. The Labute approximate surface area is 170 Å². The fourth-order valence-corrected chi connectivity index (χ4v) is 4.19. The van der Waals surface area contributed by atoms with Crippen molar-refractivity contribution in [1.29, 1.82) is 0 Å². The molecule has 0 aliphatic carbocycles. The van der Waals surface area contributed by atoms with Crippen molar-refractivity contribution in [2.24, 2.45) is 0 Å². The molecule has 0 radical (unpaired) electrons. The standard InChI is InChI=1S/C22H22Cl2N2O/c1-27-18-6-2-5-16(13-18)15-26-12-4-11-25-10-3-7-21(25)22(26)17-8-9-19(23)20(24)14-17/h2-3,5-10,13-14,22H,4,11-12,15H2,1H3. The number of methoxy groups -OCH3 is 1. The van der Waals surface area contributed by atoms with Gasteiger partial charge in [0.1, 0.15) is 5.75 Å². The number of hydrogen-bond donors (Lipinski definition) is 0. The van der Waals surface area contributed by atoms with Crippen LogP contribution in [0, 0.1) is 0 Å². The minimum absolute atomic E-state index is 0.128. The van der Waals surface area contributed by atoms with Crippen LogP contribution in [0.4, 0.5) is 0 Å². The molecule has 1 aliphatic heterocycles. The molecular weight excluding hydrogens is 379 g/mol. The lowest BCUT2D eigenvalue weighted by atomic mass is 10.0. The van der Waals surface area contributed by atoms with Crippen molar-refractivity contribution in [2.75, 3.05) is 13.7 Å². The third kappa shape index (κ3) is 3.86. The summed E-state index contributed by atoms with van der Waals surface area (Å²) in [5.41, 5.74) is 3.68. The Morgan fingerprint density at radius 1 is 1.00 bits per heavy atom. The second kappa shape index (κ2) is 7.97. The van der Waals surface area contributed by atoms with Gasteiger partial charge in [-0.15, -0.1) is 0 Å². The molecule has 0 saturated carbocycles. The molecule has 0 fully saturated rings. The second-order valence-electron chi connectivity index (χ2n) is 6.88. The highest BCUT2D eigenvalue weighted by molar-refractivity contribution is 6.42. The van der Waals surface area contributed by atoms with Gasteiger partial charge < -0.3 is 9.30 Å². The Bertz CT molecular complexity index is 938. The van der Waals surface area contributed by atoms with Crippen molar-refractivity contribution in [1.82, 2.24) is 9.47 Å². The quantitative estimate of drug-likeness (QED) is 0.550. The number of aryl methyl sites for hydroxylation is 1. The summed E-state index contributed by atoms with van der Waals surface area (Å²) in [5.74, 6) is 0.886.